The van der Waals surface area contributed by atoms with Crippen LogP contribution in [-0.4, -0.2) is 142 Å². The molecule has 86 heavy (non-hydrogen) atoms. The van der Waals surface area contributed by atoms with Crippen molar-refractivity contribution in [2.45, 2.75) is 138 Å². The second-order valence-corrected chi connectivity index (χ2v) is 22.1. The lowest BCUT2D eigenvalue weighted by molar-refractivity contribution is -0.363. The number of rotatable bonds is 28. The SMILES string of the molecule is OC[C@]1(O)[C@H](NC(=S)N[C@H]2O[C@H](COCc3ccccc3)[C@@H](O[C@H]3O[C@H](COCc4ccccc4)[C@@H](OCc4ccccc4)[C@H](OCc4ccccc4)[C@H]3OCc3ccccc3)[C@H](OCc3ccccc3)[C@H]2OCc2ccccc2)[C@H](O)[C@@H](O)[C@@H]1O. The van der Waals surface area contributed by atoms with E-state index < -0.39 is 97.9 Å². The normalized spacial score (nSPS) is 28.2. The van der Waals surface area contributed by atoms with Crippen molar-refractivity contribution in [3.8, 4) is 0 Å². The van der Waals surface area contributed by atoms with E-state index in [1.807, 2.05) is 212 Å². The highest BCUT2D eigenvalue weighted by molar-refractivity contribution is 7.80. The van der Waals surface area contributed by atoms with Crippen molar-refractivity contribution in [3.05, 3.63) is 251 Å². The number of ether oxygens (including phenoxy) is 10. The van der Waals surface area contributed by atoms with Crippen LogP contribution in [0, 0.1) is 0 Å². The monoisotopic (exact) mass is 1190 g/mol. The number of hydrogen-bond donors (Lipinski definition) is 7. The Bertz CT molecular complexity index is 3060. The summed E-state index contributed by atoms with van der Waals surface area (Å²) in [6.07, 6.45) is -15.7. The van der Waals surface area contributed by atoms with E-state index in [1.165, 1.54) is 0 Å². The molecule has 0 aromatic heterocycles. The van der Waals surface area contributed by atoms with Crippen LogP contribution in [0.5, 0.6) is 0 Å². The quantitative estimate of drug-likeness (QED) is 0.0250. The van der Waals surface area contributed by atoms with Crippen molar-refractivity contribution in [1.82, 2.24) is 10.6 Å². The Labute approximate surface area is 507 Å². The maximum Gasteiger partial charge on any atom is 0.187 e. The average Bonchev–Trinajstić information content (AvgIpc) is 2.26. The summed E-state index contributed by atoms with van der Waals surface area (Å²) in [6, 6.07) is 66.8. The van der Waals surface area contributed by atoms with Gasteiger partial charge in [0.05, 0.1) is 72.1 Å². The standard InChI is InChI=1S/C68H76N2O15S/c71-45-68(75)63(55(72)56(73)64(68)74)69-67(86)70-65-61(81-41-51-32-18-6-19-33-51)60(80-40-50-30-16-5-17-31-50)58(54(83-65)44-77-37-47-24-10-2-11-25-47)85-66-62(82-42-52-34-20-7-21-35-52)59(79-39-49-28-14-4-15-29-49)57(78-38-48-26-12-3-13-27-48)53(84-66)43-76-36-46-22-8-1-9-23-46/h1-35,53-66,71-75H,36-45H2,(H2,69,70,86)/t53-,54-,55-,56-,57-,58-,59+,60+,61-,62-,63-,64+,65+,66-,68+/m1/s1. The van der Waals surface area contributed by atoms with Crippen LogP contribution in [0.4, 0.5) is 0 Å². The van der Waals surface area contributed by atoms with E-state index in [9.17, 15) is 25.5 Å². The second kappa shape index (κ2) is 31.5. The van der Waals surface area contributed by atoms with E-state index in [-0.39, 0.29) is 64.6 Å². The largest absolute Gasteiger partial charge is 0.393 e. The summed E-state index contributed by atoms with van der Waals surface area (Å²) < 4.78 is 70.6. The van der Waals surface area contributed by atoms with E-state index in [0.29, 0.717) is 0 Å². The van der Waals surface area contributed by atoms with Gasteiger partial charge in [-0.15, -0.1) is 0 Å². The fraction of sp³-hybridized carbons (Fsp3) is 0.368. The van der Waals surface area contributed by atoms with Gasteiger partial charge in [-0.3, -0.25) is 0 Å². The van der Waals surface area contributed by atoms with E-state index in [2.05, 4.69) is 10.6 Å². The van der Waals surface area contributed by atoms with Crippen LogP contribution in [0.1, 0.15) is 38.9 Å². The number of aliphatic hydroxyl groups excluding tert-OH is 4. The van der Waals surface area contributed by atoms with Gasteiger partial charge in [0.25, 0.3) is 0 Å². The third-order valence-electron chi connectivity index (χ3n) is 15.6. The van der Waals surface area contributed by atoms with Gasteiger partial charge in [-0.05, 0) is 51.2 Å². The summed E-state index contributed by atoms with van der Waals surface area (Å²) in [6.45, 7) is 0.0845. The molecular weight excluding hydrogens is 1120 g/mol. The first-order valence-corrected chi connectivity index (χ1v) is 29.5. The predicted molar refractivity (Wildman–Crippen MR) is 322 cm³/mol. The molecule has 2 saturated heterocycles. The van der Waals surface area contributed by atoms with Gasteiger partial charge in [0.1, 0.15) is 72.7 Å². The van der Waals surface area contributed by atoms with Gasteiger partial charge < -0.3 is 83.5 Å². The molecule has 0 amide bonds. The minimum atomic E-state index is -2.40. The van der Waals surface area contributed by atoms with Crippen LogP contribution in [-0.2, 0) is 93.6 Å². The number of benzene rings is 7. The van der Waals surface area contributed by atoms with Gasteiger partial charge >= 0.3 is 0 Å². The number of nitrogens with one attached hydrogen (secondary N) is 2. The predicted octanol–water partition coefficient (Wildman–Crippen LogP) is 6.83. The molecule has 7 aromatic carbocycles. The zero-order chi connectivity index (χ0) is 59.5. The molecule has 0 spiro atoms. The Balaban J connectivity index is 1.06. The Kier molecular flexibility index (Phi) is 23.0. The van der Waals surface area contributed by atoms with Crippen LogP contribution in [0.25, 0.3) is 0 Å². The highest BCUT2D eigenvalue weighted by Crippen LogP contribution is 2.37. The third-order valence-corrected chi connectivity index (χ3v) is 15.8. The van der Waals surface area contributed by atoms with Crippen molar-refractivity contribution in [1.29, 1.82) is 0 Å². The van der Waals surface area contributed by atoms with Gasteiger partial charge in [0, 0.05) is 0 Å². The van der Waals surface area contributed by atoms with Crippen LogP contribution < -0.4 is 10.6 Å². The first-order valence-electron chi connectivity index (χ1n) is 29.1. The highest BCUT2D eigenvalue weighted by atomic mass is 32.1. The Morgan fingerprint density at radius 3 is 1.14 bits per heavy atom. The average molecular weight is 1190 g/mol. The van der Waals surface area contributed by atoms with Crippen molar-refractivity contribution < 1.29 is 72.9 Å². The number of aliphatic hydroxyl groups is 5. The molecule has 1 aliphatic carbocycles. The molecule has 15 atom stereocenters. The molecule has 7 aromatic rings. The Morgan fingerprint density at radius 2 is 0.744 bits per heavy atom. The zero-order valence-electron chi connectivity index (χ0n) is 47.6. The van der Waals surface area contributed by atoms with Crippen molar-refractivity contribution in [3.63, 3.8) is 0 Å². The van der Waals surface area contributed by atoms with Crippen LogP contribution in [0.2, 0.25) is 0 Å². The maximum absolute atomic E-state index is 11.5. The molecule has 2 heterocycles. The second-order valence-electron chi connectivity index (χ2n) is 21.7. The molecule has 17 nitrogen and oxygen atoms in total. The molecule has 1 saturated carbocycles. The van der Waals surface area contributed by atoms with Crippen molar-refractivity contribution in [2.75, 3.05) is 19.8 Å². The molecule has 10 rings (SSSR count). The number of thiocarbonyl (C=S) groups is 1. The van der Waals surface area contributed by atoms with Crippen LogP contribution >= 0.6 is 12.2 Å². The van der Waals surface area contributed by atoms with E-state index in [4.69, 9.17) is 59.6 Å². The summed E-state index contributed by atoms with van der Waals surface area (Å²) >= 11 is 5.91. The van der Waals surface area contributed by atoms with Crippen molar-refractivity contribution >= 4 is 17.3 Å². The van der Waals surface area contributed by atoms with Gasteiger partial charge in [0.2, 0.25) is 0 Å². The lowest BCUT2D eigenvalue weighted by atomic mass is 9.95. The third kappa shape index (κ3) is 16.6. The summed E-state index contributed by atoms with van der Waals surface area (Å²) in [4.78, 5) is 0. The molecule has 0 radical (unpaired) electrons. The van der Waals surface area contributed by atoms with E-state index in [1.54, 1.807) is 0 Å². The lowest BCUT2D eigenvalue weighted by Crippen LogP contribution is -2.69. The Hall–Kier alpha value is -6.37. The molecule has 7 N–H and O–H groups in total. The lowest BCUT2D eigenvalue weighted by Gasteiger charge is -2.50. The topological polar surface area (TPSA) is 218 Å². The van der Waals surface area contributed by atoms with Gasteiger partial charge in [0.15, 0.2) is 17.6 Å². The molecule has 0 unspecified atom stereocenters. The molecular formula is C68H76N2O15S. The Morgan fingerprint density at radius 1 is 0.407 bits per heavy atom. The highest BCUT2D eigenvalue weighted by Gasteiger charge is 2.60. The molecule has 18 heteroatoms. The first kappa shape index (κ1) is 62.7. The molecule has 3 fully saturated rings. The summed E-state index contributed by atoms with van der Waals surface area (Å²) in [5.41, 5.74) is 3.89. The minimum absolute atomic E-state index is 0.0535. The molecule has 2 aliphatic heterocycles. The zero-order valence-corrected chi connectivity index (χ0v) is 48.4. The van der Waals surface area contributed by atoms with Gasteiger partial charge in [-0.25, -0.2) is 0 Å². The van der Waals surface area contributed by atoms with Gasteiger partial charge in [-0.1, -0.05) is 212 Å². The molecule has 3 aliphatic rings. The fourth-order valence-corrected chi connectivity index (χ4v) is 11.2. The number of hydrogen-bond acceptors (Lipinski definition) is 16. The van der Waals surface area contributed by atoms with Crippen LogP contribution in [0.15, 0.2) is 212 Å². The smallest absolute Gasteiger partial charge is 0.187 e. The summed E-state index contributed by atoms with van der Waals surface area (Å²) in [5, 5.41) is 60.3. The molecule has 0 bridgehead atoms. The summed E-state index contributed by atoms with van der Waals surface area (Å²) in [5.74, 6) is 0. The van der Waals surface area contributed by atoms with Gasteiger partial charge in [-0.2, -0.15) is 0 Å². The maximum atomic E-state index is 11.5. The minimum Gasteiger partial charge on any atom is -0.393 e. The van der Waals surface area contributed by atoms with Crippen molar-refractivity contribution in [2.24, 2.45) is 0 Å². The van der Waals surface area contributed by atoms with Crippen LogP contribution in [0.3, 0.4) is 0 Å². The first-order chi connectivity index (χ1) is 42.1. The summed E-state index contributed by atoms with van der Waals surface area (Å²) in [7, 11) is 0. The fourth-order valence-electron chi connectivity index (χ4n) is 11.0. The van der Waals surface area contributed by atoms with E-state index >= 15 is 0 Å². The van der Waals surface area contributed by atoms with E-state index in [0.717, 1.165) is 38.9 Å². The molecule has 454 valence electrons.